The number of carbonyl (C=O) groups excluding carboxylic acids is 1. The van der Waals surface area contributed by atoms with Gasteiger partial charge >= 0.3 is 5.97 Å². The van der Waals surface area contributed by atoms with Crippen LogP contribution in [0.15, 0.2) is 95.3 Å². The van der Waals surface area contributed by atoms with Gasteiger partial charge in [-0.25, -0.2) is 9.48 Å². The van der Waals surface area contributed by atoms with E-state index in [0.29, 0.717) is 45.5 Å². The standard InChI is InChI=1S/C30H29ClN4O3S/c1-19(2)38-28(36)26-20(3)32-29-33-30(39-18-23-12-7-8-15-25(23)31)34-35(29)27(26)22-13-9-14-24(16-22)37-17-21-10-5-4-6-11-21/h4-16,19,27H,17-18H2,1-3H3,(H,32,33,34). The Morgan fingerprint density at radius 3 is 2.62 bits per heavy atom. The van der Waals surface area contributed by atoms with Crippen LogP contribution in [0, 0.1) is 0 Å². The Morgan fingerprint density at radius 1 is 1.08 bits per heavy atom. The number of fused-ring (bicyclic) bond motifs is 1. The first kappa shape index (κ1) is 26.8. The molecule has 0 aliphatic carbocycles. The lowest BCUT2D eigenvalue weighted by Crippen LogP contribution is -2.30. The molecule has 1 unspecified atom stereocenters. The number of allylic oxidation sites excluding steroid dienone is 1. The van der Waals surface area contributed by atoms with Crippen LogP contribution in [0.3, 0.4) is 0 Å². The molecule has 200 valence electrons. The molecule has 0 radical (unpaired) electrons. The molecule has 0 spiro atoms. The molecule has 39 heavy (non-hydrogen) atoms. The van der Waals surface area contributed by atoms with Crippen molar-refractivity contribution in [3.8, 4) is 5.75 Å². The molecule has 1 aliphatic heterocycles. The molecule has 0 saturated heterocycles. The summed E-state index contributed by atoms with van der Waals surface area (Å²) in [4.78, 5) is 18.0. The molecule has 5 rings (SSSR count). The first-order valence-corrected chi connectivity index (χ1v) is 14.0. The van der Waals surface area contributed by atoms with Crippen LogP contribution in [-0.4, -0.2) is 26.8 Å². The van der Waals surface area contributed by atoms with Crippen molar-refractivity contribution in [2.75, 3.05) is 5.32 Å². The Morgan fingerprint density at radius 2 is 1.85 bits per heavy atom. The van der Waals surface area contributed by atoms with Crippen LogP contribution in [0.25, 0.3) is 0 Å². The van der Waals surface area contributed by atoms with E-state index in [9.17, 15) is 4.79 Å². The van der Waals surface area contributed by atoms with Gasteiger partial charge in [-0.1, -0.05) is 84.0 Å². The fraction of sp³-hybridized carbons (Fsp3) is 0.233. The van der Waals surface area contributed by atoms with Gasteiger partial charge in [0.05, 0.1) is 11.7 Å². The number of esters is 1. The molecule has 0 fully saturated rings. The van der Waals surface area contributed by atoms with Gasteiger partial charge in [0.25, 0.3) is 0 Å². The van der Waals surface area contributed by atoms with Gasteiger partial charge in [0.1, 0.15) is 18.4 Å². The van der Waals surface area contributed by atoms with Crippen molar-refractivity contribution >= 4 is 35.3 Å². The third-order valence-electron chi connectivity index (χ3n) is 6.13. The summed E-state index contributed by atoms with van der Waals surface area (Å²) in [7, 11) is 0. The summed E-state index contributed by atoms with van der Waals surface area (Å²) in [5.74, 6) is 1.46. The van der Waals surface area contributed by atoms with Gasteiger partial charge in [0, 0.05) is 16.5 Å². The number of nitrogens with zero attached hydrogens (tertiary/aromatic N) is 3. The maximum Gasteiger partial charge on any atom is 0.338 e. The minimum atomic E-state index is -0.546. The predicted octanol–water partition coefficient (Wildman–Crippen LogP) is 7.04. The topological polar surface area (TPSA) is 78.3 Å². The molecule has 2 heterocycles. The second-order valence-corrected chi connectivity index (χ2v) is 10.8. The average Bonchev–Trinajstić information content (AvgIpc) is 3.33. The van der Waals surface area contributed by atoms with E-state index < -0.39 is 12.0 Å². The number of benzene rings is 3. The highest BCUT2D eigenvalue weighted by atomic mass is 35.5. The molecule has 4 aromatic rings. The molecule has 0 bridgehead atoms. The Kier molecular flexibility index (Phi) is 8.24. The van der Waals surface area contributed by atoms with E-state index in [4.69, 9.17) is 31.2 Å². The normalized spacial score (nSPS) is 14.6. The average molecular weight is 561 g/mol. The van der Waals surface area contributed by atoms with E-state index in [1.54, 1.807) is 4.68 Å². The third kappa shape index (κ3) is 6.29. The smallest absolute Gasteiger partial charge is 0.338 e. The molecule has 0 saturated carbocycles. The van der Waals surface area contributed by atoms with Crippen molar-refractivity contribution in [2.24, 2.45) is 0 Å². The van der Waals surface area contributed by atoms with Crippen molar-refractivity contribution in [3.63, 3.8) is 0 Å². The summed E-state index contributed by atoms with van der Waals surface area (Å²) in [6.07, 6.45) is -0.266. The highest BCUT2D eigenvalue weighted by Gasteiger charge is 2.35. The first-order chi connectivity index (χ1) is 18.9. The van der Waals surface area contributed by atoms with E-state index in [2.05, 4.69) is 5.32 Å². The quantitative estimate of drug-likeness (QED) is 0.174. The molecular weight excluding hydrogens is 532 g/mol. The number of ether oxygens (including phenoxy) is 2. The minimum absolute atomic E-state index is 0.266. The Hall–Kier alpha value is -3.75. The predicted molar refractivity (Wildman–Crippen MR) is 154 cm³/mol. The van der Waals surface area contributed by atoms with Gasteiger partial charge in [-0.3, -0.25) is 0 Å². The van der Waals surface area contributed by atoms with Crippen molar-refractivity contribution < 1.29 is 14.3 Å². The summed E-state index contributed by atoms with van der Waals surface area (Å²) in [5.41, 5.74) is 4.05. The second kappa shape index (κ2) is 12.0. The van der Waals surface area contributed by atoms with Gasteiger partial charge < -0.3 is 14.8 Å². The molecule has 3 aromatic carbocycles. The zero-order chi connectivity index (χ0) is 27.4. The minimum Gasteiger partial charge on any atom is -0.489 e. The summed E-state index contributed by atoms with van der Waals surface area (Å²) in [6.45, 7) is 5.96. The number of aromatic nitrogens is 3. The second-order valence-electron chi connectivity index (χ2n) is 9.41. The van der Waals surface area contributed by atoms with Crippen LogP contribution in [0.1, 0.15) is 43.5 Å². The van der Waals surface area contributed by atoms with Crippen LogP contribution < -0.4 is 10.1 Å². The van der Waals surface area contributed by atoms with Gasteiger partial charge in [0.2, 0.25) is 11.1 Å². The molecule has 1 aromatic heterocycles. The Labute approximate surface area is 237 Å². The first-order valence-electron chi connectivity index (χ1n) is 12.7. The number of anilines is 1. The van der Waals surface area contributed by atoms with Gasteiger partial charge in [-0.05, 0) is 55.7 Å². The van der Waals surface area contributed by atoms with E-state index in [0.717, 1.165) is 16.7 Å². The van der Waals surface area contributed by atoms with E-state index in [1.165, 1.54) is 11.8 Å². The highest BCUT2D eigenvalue weighted by molar-refractivity contribution is 7.98. The van der Waals surface area contributed by atoms with Crippen LogP contribution >= 0.6 is 23.4 Å². The van der Waals surface area contributed by atoms with Crippen molar-refractivity contribution in [1.29, 1.82) is 0 Å². The molecule has 1 aliphatic rings. The molecule has 9 heteroatoms. The molecule has 1 atom stereocenters. The van der Waals surface area contributed by atoms with Crippen LogP contribution in [0.4, 0.5) is 5.95 Å². The number of hydrogen-bond donors (Lipinski definition) is 1. The molecular formula is C30H29ClN4O3S. The lowest BCUT2D eigenvalue weighted by atomic mass is 9.95. The fourth-order valence-electron chi connectivity index (χ4n) is 4.32. The lowest BCUT2D eigenvalue weighted by Gasteiger charge is -2.28. The van der Waals surface area contributed by atoms with Crippen LogP contribution in [0.2, 0.25) is 5.02 Å². The Balaban J connectivity index is 1.47. The zero-order valence-corrected chi connectivity index (χ0v) is 23.5. The van der Waals surface area contributed by atoms with Crippen molar-refractivity contribution in [2.45, 2.75) is 50.4 Å². The lowest BCUT2D eigenvalue weighted by molar-refractivity contribution is -0.143. The summed E-state index contributed by atoms with van der Waals surface area (Å²) in [6, 6.07) is 24.9. The van der Waals surface area contributed by atoms with Gasteiger partial charge in [-0.15, -0.1) is 5.10 Å². The molecule has 7 nitrogen and oxygen atoms in total. The molecule has 0 amide bonds. The largest absolute Gasteiger partial charge is 0.489 e. The molecule has 1 N–H and O–H groups in total. The van der Waals surface area contributed by atoms with Crippen molar-refractivity contribution in [1.82, 2.24) is 14.8 Å². The van der Waals surface area contributed by atoms with Crippen LogP contribution in [-0.2, 0) is 21.9 Å². The van der Waals surface area contributed by atoms with E-state index in [1.807, 2.05) is 99.6 Å². The fourth-order valence-corrected chi connectivity index (χ4v) is 5.43. The zero-order valence-electron chi connectivity index (χ0n) is 21.9. The summed E-state index contributed by atoms with van der Waals surface area (Å²) >= 11 is 7.83. The maximum absolute atomic E-state index is 13.3. The monoisotopic (exact) mass is 560 g/mol. The Bertz CT molecular complexity index is 1500. The SMILES string of the molecule is CC1=C(C(=O)OC(C)C)C(c2cccc(OCc3ccccc3)c2)n2nc(SCc3ccccc3Cl)nc2N1. The van der Waals surface area contributed by atoms with Crippen molar-refractivity contribution in [3.05, 3.63) is 112 Å². The van der Waals surface area contributed by atoms with Gasteiger partial charge in [-0.2, -0.15) is 4.98 Å². The maximum atomic E-state index is 13.3. The van der Waals surface area contributed by atoms with E-state index in [-0.39, 0.29) is 6.10 Å². The highest BCUT2D eigenvalue weighted by Crippen LogP contribution is 2.38. The van der Waals surface area contributed by atoms with Gasteiger partial charge in [0.15, 0.2) is 0 Å². The van der Waals surface area contributed by atoms with E-state index >= 15 is 0 Å². The number of nitrogens with one attached hydrogen (secondary N) is 1. The number of hydrogen-bond acceptors (Lipinski definition) is 7. The number of halogens is 1. The van der Waals surface area contributed by atoms with Crippen LogP contribution in [0.5, 0.6) is 5.75 Å². The third-order valence-corrected chi connectivity index (χ3v) is 7.39. The summed E-state index contributed by atoms with van der Waals surface area (Å²) < 4.78 is 13.5. The number of thioether (sulfide) groups is 1. The summed E-state index contributed by atoms with van der Waals surface area (Å²) in [5, 5.41) is 9.33. The number of rotatable bonds is 9. The number of carbonyl (C=O) groups is 1.